The molecule has 2 rings (SSSR count). The molecule has 0 radical (unpaired) electrons. The number of amides is 2. The molecule has 2 unspecified atom stereocenters. The number of aromatic nitrogens is 2. The maximum atomic E-state index is 12.7. The molecule has 1 fully saturated rings. The fourth-order valence-corrected chi connectivity index (χ4v) is 2.96. The van der Waals surface area contributed by atoms with Crippen LogP contribution in [0.25, 0.3) is 0 Å². The van der Waals surface area contributed by atoms with Crippen molar-refractivity contribution < 1.29 is 14.7 Å². The average Bonchev–Trinajstić information content (AvgIpc) is 2.87. The molecule has 2 heterocycles. The molecule has 0 aromatic carbocycles. The van der Waals surface area contributed by atoms with Crippen LogP contribution >= 0.6 is 0 Å². The molecule has 7 nitrogen and oxygen atoms in total. The van der Waals surface area contributed by atoms with Crippen LogP contribution in [0.15, 0.2) is 12.4 Å². The van der Waals surface area contributed by atoms with Gasteiger partial charge in [-0.3, -0.25) is 9.47 Å². The first-order valence-electron chi connectivity index (χ1n) is 6.63. The van der Waals surface area contributed by atoms with E-state index >= 15 is 0 Å². The van der Waals surface area contributed by atoms with Crippen molar-refractivity contribution in [2.24, 2.45) is 13.0 Å². The number of carboxylic acid groups (broad SMARTS) is 1. The van der Waals surface area contributed by atoms with E-state index in [9.17, 15) is 14.7 Å². The summed E-state index contributed by atoms with van der Waals surface area (Å²) in [4.78, 5) is 29.5. The molecule has 1 aliphatic rings. The van der Waals surface area contributed by atoms with Gasteiger partial charge in [-0.25, -0.2) is 4.79 Å². The Kier molecular flexibility index (Phi) is 3.56. The van der Waals surface area contributed by atoms with E-state index in [1.54, 1.807) is 17.0 Å². The third-order valence-electron chi connectivity index (χ3n) is 3.75. The van der Waals surface area contributed by atoms with E-state index in [2.05, 4.69) is 4.98 Å². The van der Waals surface area contributed by atoms with Gasteiger partial charge in [-0.2, -0.15) is 9.47 Å². The molecule has 0 spiro atoms. The van der Waals surface area contributed by atoms with Gasteiger partial charge in [-0.1, -0.05) is 13.8 Å². The summed E-state index contributed by atoms with van der Waals surface area (Å²) in [5, 5.41) is 11.2. The Morgan fingerprint density at radius 2 is 2.20 bits per heavy atom. The van der Waals surface area contributed by atoms with Crippen LogP contribution < -0.4 is 9.59 Å². The molecular weight excluding hydrogens is 260 g/mol. The summed E-state index contributed by atoms with van der Waals surface area (Å²) in [5.74, 6) is -0.428. The molecule has 0 N–H and O–H groups in total. The summed E-state index contributed by atoms with van der Waals surface area (Å²) in [7, 11) is 3.31. The fourth-order valence-electron chi connectivity index (χ4n) is 2.96. The van der Waals surface area contributed by atoms with Gasteiger partial charge in [0.1, 0.15) is 12.6 Å². The van der Waals surface area contributed by atoms with E-state index in [1.807, 2.05) is 20.9 Å². The third-order valence-corrected chi connectivity index (χ3v) is 3.75. The number of aliphatic carboxylic acids is 1. The van der Waals surface area contributed by atoms with Crippen molar-refractivity contribution in [2.45, 2.75) is 19.9 Å². The second-order valence-electron chi connectivity index (χ2n) is 5.79. The van der Waals surface area contributed by atoms with Crippen molar-refractivity contribution in [1.29, 1.82) is 0 Å². The summed E-state index contributed by atoms with van der Waals surface area (Å²) >= 11 is 0. The highest BCUT2D eigenvalue weighted by Gasteiger charge is 2.55. The molecule has 7 heteroatoms. The number of carbonyl (C=O) groups is 2. The van der Waals surface area contributed by atoms with Crippen LogP contribution in [0.5, 0.6) is 0 Å². The topological polar surface area (TPSA) is 78.3 Å². The Morgan fingerprint density at radius 3 is 2.60 bits per heavy atom. The van der Waals surface area contributed by atoms with E-state index in [4.69, 9.17) is 0 Å². The molecule has 0 bridgehead atoms. The van der Waals surface area contributed by atoms with Crippen LogP contribution in [0.1, 0.15) is 13.8 Å². The molecule has 2 atom stereocenters. The van der Waals surface area contributed by atoms with Crippen LogP contribution in [-0.2, 0) is 11.8 Å². The molecule has 0 saturated carbocycles. The van der Waals surface area contributed by atoms with Crippen molar-refractivity contribution in [1.82, 2.24) is 18.9 Å². The smallest absolute Gasteiger partial charge is 0.427 e. The summed E-state index contributed by atoms with van der Waals surface area (Å²) in [6, 6.07) is -1.17. The van der Waals surface area contributed by atoms with Gasteiger partial charge in [0.15, 0.2) is 0 Å². The summed E-state index contributed by atoms with van der Waals surface area (Å²) in [6.45, 7) is 4.67. The van der Waals surface area contributed by atoms with E-state index in [0.29, 0.717) is 12.5 Å². The average molecular weight is 280 g/mol. The zero-order valence-electron chi connectivity index (χ0n) is 12.2. The zero-order chi connectivity index (χ0) is 15.1. The summed E-state index contributed by atoms with van der Waals surface area (Å²) in [5.41, 5.74) is 0. The predicted octanol–water partition coefficient (Wildman–Crippen LogP) is -0.433. The number of hydrogen-bond acceptors (Lipinski definition) is 4. The van der Waals surface area contributed by atoms with Crippen LogP contribution in [0, 0.1) is 5.92 Å². The van der Waals surface area contributed by atoms with E-state index in [1.165, 1.54) is 11.9 Å². The van der Waals surface area contributed by atoms with Gasteiger partial charge in [0.2, 0.25) is 0 Å². The quantitative estimate of drug-likeness (QED) is 0.701. The molecule has 1 aromatic heterocycles. The van der Waals surface area contributed by atoms with Crippen molar-refractivity contribution >= 4 is 17.9 Å². The van der Waals surface area contributed by atoms with E-state index in [-0.39, 0.29) is 23.0 Å². The van der Waals surface area contributed by atoms with Crippen molar-refractivity contribution in [3.63, 3.8) is 0 Å². The highest BCUT2D eigenvalue weighted by molar-refractivity contribution is 5.93. The van der Waals surface area contributed by atoms with Gasteiger partial charge in [0.05, 0.1) is 18.7 Å². The lowest BCUT2D eigenvalue weighted by atomic mass is 10.1. The highest BCUT2D eigenvalue weighted by Crippen LogP contribution is 2.31. The number of aryl methyl sites for hydroxylation is 1. The first kappa shape index (κ1) is 14.5. The number of carbonyl (C=O) groups excluding carboxylic acids is 2. The van der Waals surface area contributed by atoms with Gasteiger partial charge in [0, 0.05) is 26.2 Å². The largest absolute Gasteiger partial charge is 0.548 e. The number of nitrogens with zero attached hydrogens (tertiary/aromatic N) is 4. The molecule has 0 aliphatic carbocycles. The SMILES string of the molecule is CC(C)C[N+]1(c2nccn2C)CC(C(=O)[O-])N(C)C1=O. The third kappa shape index (κ3) is 2.07. The second-order valence-corrected chi connectivity index (χ2v) is 5.79. The molecule has 2 amide bonds. The number of urea groups is 1. The van der Waals surface area contributed by atoms with Crippen molar-refractivity contribution in [3.05, 3.63) is 12.4 Å². The number of rotatable bonds is 4. The van der Waals surface area contributed by atoms with Crippen molar-refractivity contribution in [3.8, 4) is 0 Å². The minimum atomic E-state index is -1.22. The Labute approximate surface area is 118 Å². The maximum Gasteiger partial charge on any atom is 0.427 e. The molecule has 1 saturated heterocycles. The van der Waals surface area contributed by atoms with Crippen LogP contribution in [0.4, 0.5) is 10.7 Å². The fraction of sp³-hybridized carbons (Fsp3) is 0.615. The van der Waals surface area contributed by atoms with E-state index < -0.39 is 12.0 Å². The normalized spacial score (nSPS) is 26.6. The standard InChI is InChI=1S/C13H20N4O3/c1-9(2)7-17(12-14-5-6-15(12)3)8-10(11(18)19)16(4)13(17)20/h5-6,9-10H,7-8H2,1-4H3. The van der Waals surface area contributed by atoms with Crippen LogP contribution in [0.3, 0.4) is 0 Å². The predicted molar refractivity (Wildman–Crippen MR) is 71.5 cm³/mol. The summed E-state index contributed by atoms with van der Waals surface area (Å²) < 4.78 is 1.70. The Morgan fingerprint density at radius 1 is 1.55 bits per heavy atom. The first-order chi connectivity index (χ1) is 9.29. The van der Waals surface area contributed by atoms with Crippen molar-refractivity contribution in [2.75, 3.05) is 20.1 Å². The first-order valence-corrected chi connectivity index (χ1v) is 6.63. The number of carboxylic acids is 1. The lowest BCUT2D eigenvalue weighted by Crippen LogP contribution is -2.55. The molecule has 20 heavy (non-hydrogen) atoms. The zero-order valence-corrected chi connectivity index (χ0v) is 12.2. The number of likely N-dealkylation sites (N-methyl/N-ethyl adjacent to an activating group) is 1. The van der Waals surface area contributed by atoms with Gasteiger partial charge in [-0.05, 0) is 0 Å². The second kappa shape index (κ2) is 4.90. The molecular formula is C13H20N4O3. The lowest BCUT2D eigenvalue weighted by Gasteiger charge is -2.30. The Hall–Kier alpha value is -1.89. The Bertz CT molecular complexity index is 539. The highest BCUT2D eigenvalue weighted by atomic mass is 16.4. The molecule has 1 aromatic rings. The lowest BCUT2D eigenvalue weighted by molar-refractivity contribution is -0.309. The minimum absolute atomic E-state index is 0.0731. The minimum Gasteiger partial charge on any atom is -0.548 e. The maximum absolute atomic E-state index is 12.7. The number of imidazole rings is 1. The molecule has 1 aliphatic heterocycles. The van der Waals surface area contributed by atoms with Crippen LogP contribution in [-0.4, -0.2) is 52.6 Å². The monoisotopic (exact) mass is 280 g/mol. The Balaban J connectivity index is 2.52. The van der Waals surface area contributed by atoms with Crippen LogP contribution in [0.2, 0.25) is 0 Å². The van der Waals surface area contributed by atoms with Gasteiger partial charge in [0.25, 0.3) is 0 Å². The molecule has 110 valence electrons. The number of hydrogen-bond donors (Lipinski definition) is 0. The van der Waals surface area contributed by atoms with Gasteiger partial charge < -0.3 is 9.90 Å². The van der Waals surface area contributed by atoms with E-state index in [0.717, 1.165) is 0 Å². The van der Waals surface area contributed by atoms with Gasteiger partial charge in [-0.15, -0.1) is 0 Å². The number of quaternary nitrogens is 1. The summed E-state index contributed by atoms with van der Waals surface area (Å²) in [6.07, 6.45) is 3.38. The van der Waals surface area contributed by atoms with Gasteiger partial charge >= 0.3 is 12.0 Å².